The highest BCUT2D eigenvalue weighted by Crippen LogP contribution is 2.13. The molecule has 4 N–H and O–H groups in total. The van der Waals surface area contributed by atoms with Crippen LogP contribution in [0.2, 0.25) is 0 Å². The molecular weight excluding hydrogens is 256 g/mol. The second-order valence-electron chi connectivity index (χ2n) is 6.53. The Hall–Kier alpha value is -1.14. The molecule has 0 aromatic carbocycles. The average Bonchev–Trinajstić information content (AvgIpc) is 2.26. The van der Waals surface area contributed by atoms with Crippen molar-refractivity contribution in [3.05, 3.63) is 0 Å². The van der Waals surface area contributed by atoms with E-state index in [0.29, 0.717) is 25.6 Å². The Bertz CT molecular complexity index is 316. The van der Waals surface area contributed by atoms with Crippen LogP contribution in [-0.2, 0) is 4.79 Å². The van der Waals surface area contributed by atoms with Crippen LogP contribution in [-0.4, -0.2) is 50.1 Å². The van der Waals surface area contributed by atoms with E-state index in [-0.39, 0.29) is 17.9 Å². The van der Waals surface area contributed by atoms with E-state index >= 15 is 0 Å². The minimum Gasteiger partial charge on any atom is -0.338 e. The van der Waals surface area contributed by atoms with Crippen LogP contribution in [0.4, 0.5) is 4.79 Å². The normalized spacial score (nSPS) is 11.8. The van der Waals surface area contributed by atoms with Gasteiger partial charge in [0.1, 0.15) is 0 Å². The van der Waals surface area contributed by atoms with E-state index in [4.69, 9.17) is 5.73 Å². The summed E-state index contributed by atoms with van der Waals surface area (Å²) in [6.45, 7) is 10.3. The van der Waals surface area contributed by atoms with Crippen molar-refractivity contribution in [1.82, 2.24) is 15.5 Å². The number of nitrogens with zero attached hydrogens (tertiary/aromatic N) is 1. The van der Waals surface area contributed by atoms with Crippen LogP contribution in [0.5, 0.6) is 0 Å². The van der Waals surface area contributed by atoms with Crippen LogP contribution in [0.3, 0.4) is 0 Å². The lowest BCUT2D eigenvalue weighted by atomic mass is 9.93. The van der Waals surface area contributed by atoms with Crippen molar-refractivity contribution in [2.24, 2.45) is 17.1 Å². The van der Waals surface area contributed by atoms with E-state index in [1.54, 1.807) is 0 Å². The third-order valence-electron chi connectivity index (χ3n) is 2.92. The van der Waals surface area contributed by atoms with E-state index in [1.807, 2.05) is 25.8 Å². The molecule has 0 spiro atoms. The number of hydrogen-bond acceptors (Lipinski definition) is 4. The topological polar surface area (TPSA) is 87.5 Å². The van der Waals surface area contributed by atoms with E-state index in [2.05, 4.69) is 24.5 Å². The lowest BCUT2D eigenvalue weighted by Crippen LogP contribution is -2.46. The van der Waals surface area contributed by atoms with Gasteiger partial charge in [0.2, 0.25) is 5.91 Å². The van der Waals surface area contributed by atoms with Gasteiger partial charge in [-0.05, 0) is 31.3 Å². The zero-order valence-corrected chi connectivity index (χ0v) is 13.5. The molecule has 0 atom stereocenters. The summed E-state index contributed by atoms with van der Waals surface area (Å²) in [4.78, 5) is 25.0. The summed E-state index contributed by atoms with van der Waals surface area (Å²) in [7, 11) is 1.84. The molecule has 0 fully saturated rings. The van der Waals surface area contributed by atoms with E-state index in [0.717, 1.165) is 6.42 Å². The zero-order valence-electron chi connectivity index (χ0n) is 13.5. The van der Waals surface area contributed by atoms with Gasteiger partial charge >= 0.3 is 6.03 Å². The number of imide groups is 1. The van der Waals surface area contributed by atoms with E-state index < -0.39 is 6.03 Å². The molecule has 0 aromatic rings. The van der Waals surface area contributed by atoms with Crippen LogP contribution >= 0.6 is 0 Å². The SMILES string of the molecule is CC(C)CCNC(=O)NC(=O)CN(C)CC(C)(C)CN. The van der Waals surface area contributed by atoms with Crippen molar-refractivity contribution in [3.63, 3.8) is 0 Å². The molecule has 0 unspecified atom stereocenters. The van der Waals surface area contributed by atoms with Crippen molar-refractivity contribution in [2.45, 2.75) is 34.1 Å². The summed E-state index contributed by atoms with van der Waals surface area (Å²) in [6.07, 6.45) is 0.895. The first-order chi connectivity index (χ1) is 9.16. The Morgan fingerprint density at radius 1 is 1.30 bits per heavy atom. The van der Waals surface area contributed by atoms with Crippen LogP contribution < -0.4 is 16.4 Å². The first-order valence-corrected chi connectivity index (χ1v) is 7.12. The number of urea groups is 1. The first kappa shape index (κ1) is 18.9. The van der Waals surface area contributed by atoms with E-state index in [9.17, 15) is 9.59 Å². The fourth-order valence-electron chi connectivity index (χ4n) is 1.78. The number of rotatable bonds is 8. The second-order valence-corrected chi connectivity index (χ2v) is 6.53. The molecule has 0 heterocycles. The summed E-state index contributed by atoms with van der Waals surface area (Å²) in [6, 6.07) is -0.429. The maximum absolute atomic E-state index is 11.7. The number of nitrogens with two attached hydrogens (primary N) is 1. The molecular formula is C14H30N4O2. The molecule has 6 nitrogen and oxygen atoms in total. The van der Waals surface area contributed by atoms with E-state index in [1.165, 1.54) is 0 Å². The molecule has 6 heteroatoms. The Kier molecular flexibility index (Phi) is 8.41. The number of likely N-dealkylation sites (N-methyl/N-ethyl adjacent to an activating group) is 1. The molecule has 0 saturated heterocycles. The molecule has 0 bridgehead atoms. The standard InChI is InChI=1S/C14H30N4O2/c1-11(2)6-7-16-13(20)17-12(19)8-18(5)10-14(3,4)9-15/h11H,6-10,15H2,1-5H3,(H2,16,17,19,20). The highest BCUT2D eigenvalue weighted by molar-refractivity contribution is 5.95. The Labute approximate surface area is 122 Å². The minimum absolute atomic E-state index is 0.0471. The maximum atomic E-state index is 11.7. The van der Waals surface area contributed by atoms with Gasteiger partial charge in [-0.1, -0.05) is 27.7 Å². The highest BCUT2D eigenvalue weighted by Gasteiger charge is 2.19. The van der Waals surface area contributed by atoms with Gasteiger partial charge in [-0.25, -0.2) is 4.79 Å². The van der Waals surface area contributed by atoms with Gasteiger partial charge in [0.15, 0.2) is 0 Å². The van der Waals surface area contributed by atoms with Gasteiger partial charge in [-0.2, -0.15) is 0 Å². The summed E-state index contributed by atoms with van der Waals surface area (Å²) < 4.78 is 0. The quantitative estimate of drug-likeness (QED) is 0.615. The molecule has 20 heavy (non-hydrogen) atoms. The molecule has 0 aliphatic heterocycles. The predicted octanol–water partition coefficient (Wildman–Crippen LogP) is 0.775. The Morgan fingerprint density at radius 2 is 1.90 bits per heavy atom. The summed E-state index contributed by atoms with van der Waals surface area (Å²) in [5, 5.41) is 4.99. The smallest absolute Gasteiger partial charge is 0.321 e. The molecule has 0 aliphatic rings. The van der Waals surface area contributed by atoms with Gasteiger partial charge in [0, 0.05) is 13.1 Å². The zero-order chi connectivity index (χ0) is 15.8. The number of hydrogen-bond donors (Lipinski definition) is 3. The van der Waals surface area contributed by atoms with Crippen LogP contribution in [0.25, 0.3) is 0 Å². The van der Waals surface area contributed by atoms with Crippen molar-refractivity contribution >= 4 is 11.9 Å². The molecule has 0 aromatic heterocycles. The largest absolute Gasteiger partial charge is 0.338 e. The molecule has 0 radical (unpaired) electrons. The van der Waals surface area contributed by atoms with Crippen LogP contribution in [0.15, 0.2) is 0 Å². The van der Waals surface area contributed by atoms with Gasteiger partial charge in [-0.3, -0.25) is 15.0 Å². The number of carbonyl (C=O) groups excluding carboxylic acids is 2. The second kappa shape index (κ2) is 8.92. The monoisotopic (exact) mass is 286 g/mol. The number of carbonyl (C=O) groups is 2. The van der Waals surface area contributed by atoms with Gasteiger partial charge in [0.05, 0.1) is 6.54 Å². The Balaban J connectivity index is 3.95. The first-order valence-electron chi connectivity index (χ1n) is 7.12. The van der Waals surface area contributed by atoms with Crippen molar-refractivity contribution in [1.29, 1.82) is 0 Å². The third-order valence-corrected chi connectivity index (χ3v) is 2.92. The van der Waals surface area contributed by atoms with Crippen molar-refractivity contribution in [2.75, 3.05) is 33.2 Å². The van der Waals surface area contributed by atoms with Gasteiger partial charge in [0.25, 0.3) is 0 Å². The predicted molar refractivity (Wildman–Crippen MR) is 81.3 cm³/mol. The lowest BCUT2D eigenvalue weighted by Gasteiger charge is -2.28. The summed E-state index contributed by atoms with van der Waals surface area (Å²) in [5.41, 5.74) is 5.61. The van der Waals surface area contributed by atoms with Gasteiger partial charge < -0.3 is 11.1 Å². The van der Waals surface area contributed by atoms with Crippen molar-refractivity contribution in [3.8, 4) is 0 Å². The minimum atomic E-state index is -0.429. The molecule has 0 rings (SSSR count). The number of nitrogens with one attached hydrogen (secondary N) is 2. The fourth-order valence-corrected chi connectivity index (χ4v) is 1.78. The summed E-state index contributed by atoms with van der Waals surface area (Å²) in [5.74, 6) is 0.220. The van der Waals surface area contributed by atoms with Crippen molar-refractivity contribution < 1.29 is 9.59 Å². The van der Waals surface area contributed by atoms with Crippen LogP contribution in [0.1, 0.15) is 34.1 Å². The Morgan fingerprint density at radius 3 is 2.40 bits per heavy atom. The lowest BCUT2D eigenvalue weighted by molar-refractivity contribution is -0.121. The average molecular weight is 286 g/mol. The maximum Gasteiger partial charge on any atom is 0.321 e. The molecule has 0 saturated carbocycles. The summed E-state index contributed by atoms with van der Waals surface area (Å²) >= 11 is 0. The molecule has 3 amide bonds. The fraction of sp³-hybridized carbons (Fsp3) is 0.857. The third kappa shape index (κ3) is 9.75. The number of amides is 3. The molecule has 118 valence electrons. The highest BCUT2D eigenvalue weighted by atomic mass is 16.2. The molecule has 0 aliphatic carbocycles. The van der Waals surface area contributed by atoms with Gasteiger partial charge in [-0.15, -0.1) is 0 Å². The van der Waals surface area contributed by atoms with Crippen LogP contribution in [0, 0.1) is 11.3 Å².